The lowest BCUT2D eigenvalue weighted by atomic mass is 10.1. The Morgan fingerprint density at radius 2 is 1.93 bits per heavy atom. The van der Waals surface area contributed by atoms with Crippen LogP contribution in [0.3, 0.4) is 0 Å². The molecule has 0 unspecified atom stereocenters. The van der Waals surface area contributed by atoms with Crippen LogP contribution >= 0.6 is 11.6 Å². The minimum atomic E-state index is -0.338. The zero-order valence-electron chi connectivity index (χ0n) is 14.6. The number of carbonyl (C=O) groups is 1. The Labute approximate surface area is 159 Å². The molecule has 0 radical (unpaired) electrons. The number of fused-ring (bicyclic) bond motifs is 1. The number of nitrogens with one attached hydrogen (secondary N) is 1. The van der Waals surface area contributed by atoms with Gasteiger partial charge in [0.2, 0.25) is 0 Å². The molecule has 0 bridgehead atoms. The third kappa shape index (κ3) is 3.06. The first-order chi connectivity index (χ1) is 12.9. The fraction of sp³-hybridized carbons (Fsp3) is 0.158. The summed E-state index contributed by atoms with van der Waals surface area (Å²) >= 11 is 6.16. The van der Waals surface area contributed by atoms with Crippen LogP contribution in [0.2, 0.25) is 5.02 Å². The molecule has 8 heteroatoms. The summed E-state index contributed by atoms with van der Waals surface area (Å²) in [6.45, 7) is 3.86. The molecule has 2 heterocycles. The smallest absolute Gasteiger partial charge is 0.338 e. The lowest BCUT2D eigenvalue weighted by Gasteiger charge is -2.03. The average molecular weight is 383 g/mol. The quantitative estimate of drug-likeness (QED) is 0.533. The van der Waals surface area contributed by atoms with E-state index >= 15 is 0 Å². The highest BCUT2D eigenvalue weighted by atomic mass is 35.5. The van der Waals surface area contributed by atoms with Gasteiger partial charge < -0.3 is 4.74 Å². The van der Waals surface area contributed by atoms with Crippen LogP contribution in [0, 0.1) is 13.8 Å². The van der Waals surface area contributed by atoms with Crippen molar-refractivity contribution in [1.29, 1.82) is 0 Å². The van der Waals surface area contributed by atoms with Gasteiger partial charge in [-0.15, -0.1) is 5.11 Å². The molecule has 27 heavy (non-hydrogen) atoms. The molecule has 3 aromatic rings. The van der Waals surface area contributed by atoms with E-state index in [1.165, 1.54) is 4.68 Å². The zero-order chi connectivity index (χ0) is 19.1. The minimum Gasteiger partial charge on any atom is -0.457 e. The van der Waals surface area contributed by atoms with Crippen molar-refractivity contribution in [3.63, 3.8) is 0 Å². The lowest BCUT2D eigenvalue weighted by molar-refractivity contribution is 0.0535. The van der Waals surface area contributed by atoms with Crippen molar-refractivity contribution in [2.24, 2.45) is 10.2 Å². The van der Waals surface area contributed by atoms with Crippen LogP contribution in [0.4, 0.5) is 11.4 Å². The first kappa shape index (κ1) is 17.2. The molecular formula is C19H15ClN4O3. The molecule has 0 fully saturated rings. The van der Waals surface area contributed by atoms with E-state index in [4.69, 9.17) is 16.3 Å². The Balaban J connectivity index is 1.68. The number of ether oxygens (including phenoxy) is 1. The summed E-state index contributed by atoms with van der Waals surface area (Å²) < 4.78 is 6.35. The van der Waals surface area contributed by atoms with Crippen molar-refractivity contribution in [2.45, 2.75) is 20.5 Å². The second kappa shape index (κ2) is 6.51. The molecule has 0 amide bonds. The summed E-state index contributed by atoms with van der Waals surface area (Å²) in [6.07, 6.45) is 0. The van der Waals surface area contributed by atoms with Gasteiger partial charge in [0.05, 0.1) is 22.6 Å². The number of hydrogen-bond acceptors (Lipinski definition) is 5. The highest BCUT2D eigenvalue weighted by Crippen LogP contribution is 2.26. The highest BCUT2D eigenvalue weighted by Gasteiger charge is 2.21. The molecule has 7 nitrogen and oxygen atoms in total. The van der Waals surface area contributed by atoms with Crippen molar-refractivity contribution in [1.82, 2.24) is 9.78 Å². The Bertz CT molecular complexity index is 1160. The number of H-pyrrole nitrogens is 1. The standard InChI is InChI=1S/C19H15ClN4O3/c1-10-3-5-14(8-16(10)20)24-18(25)17(11(2)23-24)22-21-13-4-6-15-12(7-13)9-27-19(15)26/h3-8,23H,9H2,1-2H3. The van der Waals surface area contributed by atoms with Crippen LogP contribution in [0.1, 0.15) is 27.2 Å². The minimum absolute atomic E-state index is 0.208. The molecule has 2 aromatic carbocycles. The number of azo groups is 1. The first-order valence-electron chi connectivity index (χ1n) is 8.24. The van der Waals surface area contributed by atoms with Crippen molar-refractivity contribution in [3.8, 4) is 5.69 Å². The molecule has 136 valence electrons. The maximum absolute atomic E-state index is 12.7. The summed E-state index contributed by atoms with van der Waals surface area (Å²) in [4.78, 5) is 24.2. The highest BCUT2D eigenvalue weighted by molar-refractivity contribution is 6.31. The van der Waals surface area contributed by atoms with E-state index in [1.54, 1.807) is 37.3 Å². The lowest BCUT2D eigenvalue weighted by Crippen LogP contribution is -2.14. The SMILES string of the molecule is Cc1ccc(-n2[nH]c(C)c(N=Nc3ccc4c(c3)COC4=O)c2=O)cc1Cl. The summed E-state index contributed by atoms with van der Waals surface area (Å²) in [5.74, 6) is -0.338. The van der Waals surface area contributed by atoms with Gasteiger partial charge >= 0.3 is 5.97 Å². The molecule has 1 aromatic heterocycles. The molecule has 1 aliphatic heterocycles. The van der Waals surface area contributed by atoms with Gasteiger partial charge in [-0.1, -0.05) is 17.7 Å². The molecule has 0 saturated carbocycles. The van der Waals surface area contributed by atoms with E-state index in [1.807, 2.05) is 13.0 Å². The Hall–Kier alpha value is -3.19. The second-order valence-corrected chi connectivity index (χ2v) is 6.68. The van der Waals surface area contributed by atoms with Crippen molar-refractivity contribution in [3.05, 3.63) is 74.2 Å². The summed E-state index contributed by atoms with van der Waals surface area (Å²) in [7, 11) is 0. The van der Waals surface area contributed by atoms with E-state index in [2.05, 4.69) is 15.3 Å². The van der Waals surface area contributed by atoms with Gasteiger partial charge in [-0.05, 0) is 49.7 Å². The molecule has 0 aliphatic carbocycles. The largest absolute Gasteiger partial charge is 0.457 e. The van der Waals surface area contributed by atoms with Crippen LogP contribution < -0.4 is 5.56 Å². The van der Waals surface area contributed by atoms with E-state index in [0.717, 1.165) is 11.1 Å². The third-order valence-corrected chi connectivity index (χ3v) is 4.79. The van der Waals surface area contributed by atoms with Crippen LogP contribution in [0.25, 0.3) is 5.69 Å². The van der Waals surface area contributed by atoms with Gasteiger partial charge in [0.15, 0.2) is 5.69 Å². The van der Waals surface area contributed by atoms with E-state index in [0.29, 0.717) is 27.7 Å². The number of hydrogen-bond donors (Lipinski definition) is 1. The second-order valence-electron chi connectivity index (χ2n) is 6.28. The maximum atomic E-state index is 12.7. The van der Waals surface area contributed by atoms with E-state index in [-0.39, 0.29) is 23.8 Å². The normalized spacial score (nSPS) is 13.2. The van der Waals surface area contributed by atoms with Gasteiger partial charge in [0.25, 0.3) is 5.56 Å². The van der Waals surface area contributed by atoms with Gasteiger partial charge in [0.1, 0.15) is 6.61 Å². The number of aromatic amines is 1. The predicted molar refractivity (Wildman–Crippen MR) is 101 cm³/mol. The van der Waals surface area contributed by atoms with E-state index in [9.17, 15) is 9.59 Å². The number of aryl methyl sites for hydroxylation is 2. The molecule has 4 rings (SSSR count). The number of rotatable bonds is 3. The number of nitrogens with zero attached hydrogens (tertiary/aromatic N) is 3. The molecule has 0 saturated heterocycles. The number of carbonyl (C=O) groups excluding carboxylic acids is 1. The van der Waals surface area contributed by atoms with Crippen LogP contribution in [-0.2, 0) is 11.3 Å². The molecule has 1 aliphatic rings. The van der Waals surface area contributed by atoms with E-state index < -0.39 is 0 Å². The van der Waals surface area contributed by atoms with Gasteiger partial charge in [-0.25, -0.2) is 9.48 Å². The Morgan fingerprint density at radius 1 is 1.11 bits per heavy atom. The molecule has 0 spiro atoms. The molecular weight excluding hydrogens is 368 g/mol. The fourth-order valence-corrected chi connectivity index (χ4v) is 3.02. The zero-order valence-corrected chi connectivity index (χ0v) is 15.4. The Kier molecular flexibility index (Phi) is 4.16. The van der Waals surface area contributed by atoms with Crippen molar-refractivity contribution in [2.75, 3.05) is 0 Å². The monoisotopic (exact) mass is 382 g/mol. The number of aromatic nitrogens is 2. The van der Waals surface area contributed by atoms with Crippen LogP contribution in [-0.4, -0.2) is 15.7 Å². The Morgan fingerprint density at radius 3 is 2.70 bits per heavy atom. The molecule has 0 atom stereocenters. The number of esters is 1. The van der Waals surface area contributed by atoms with Gasteiger partial charge in [0, 0.05) is 10.6 Å². The number of halogens is 1. The van der Waals surface area contributed by atoms with Crippen molar-refractivity contribution < 1.29 is 9.53 Å². The first-order valence-corrected chi connectivity index (χ1v) is 8.62. The maximum Gasteiger partial charge on any atom is 0.338 e. The van der Waals surface area contributed by atoms with Crippen LogP contribution in [0.15, 0.2) is 51.4 Å². The van der Waals surface area contributed by atoms with Crippen LogP contribution in [0.5, 0.6) is 0 Å². The number of cyclic esters (lactones) is 1. The average Bonchev–Trinajstić information content (AvgIpc) is 3.15. The predicted octanol–water partition coefficient (Wildman–Crippen LogP) is 4.52. The molecule has 1 N–H and O–H groups in total. The number of benzene rings is 2. The fourth-order valence-electron chi connectivity index (χ4n) is 2.85. The van der Waals surface area contributed by atoms with Crippen molar-refractivity contribution >= 4 is 28.9 Å². The summed E-state index contributed by atoms with van der Waals surface area (Å²) in [6, 6.07) is 10.4. The van der Waals surface area contributed by atoms with Gasteiger partial charge in [-0.2, -0.15) is 5.11 Å². The van der Waals surface area contributed by atoms with Gasteiger partial charge in [-0.3, -0.25) is 9.89 Å². The topological polar surface area (TPSA) is 88.8 Å². The summed E-state index contributed by atoms with van der Waals surface area (Å²) in [5, 5.41) is 11.8. The third-order valence-electron chi connectivity index (χ3n) is 4.39. The summed E-state index contributed by atoms with van der Waals surface area (Å²) in [5.41, 5.74) is 3.84.